The molecule has 1 N–H and O–H groups in total. The van der Waals surface area contributed by atoms with Crippen LogP contribution in [-0.2, 0) is 12.5 Å². The van der Waals surface area contributed by atoms with Crippen molar-refractivity contribution in [2.75, 3.05) is 0 Å². The molecule has 2 aromatic rings. The predicted octanol–water partition coefficient (Wildman–Crippen LogP) is 3.69. The number of aromatic nitrogens is 1. The maximum atomic E-state index is 11.0. The summed E-state index contributed by atoms with van der Waals surface area (Å²) in [6.07, 6.45) is 1.84. The van der Waals surface area contributed by atoms with E-state index in [1.807, 2.05) is 18.3 Å². The molecule has 0 atom stereocenters. The monoisotopic (exact) mass is 257 g/mol. The van der Waals surface area contributed by atoms with Crippen molar-refractivity contribution in [3.05, 3.63) is 47.8 Å². The fourth-order valence-corrected chi connectivity index (χ4v) is 2.10. The van der Waals surface area contributed by atoms with Crippen LogP contribution < -0.4 is 0 Å². The lowest BCUT2D eigenvalue weighted by Gasteiger charge is -2.19. The number of hydrogen-bond acceptors (Lipinski definition) is 1. The number of aromatic carboxylic acids is 1. The molecular formula is C16H19NO2. The quantitative estimate of drug-likeness (QED) is 0.891. The molecule has 0 saturated heterocycles. The molecule has 0 saturated carbocycles. The lowest BCUT2D eigenvalue weighted by atomic mass is 9.86. The minimum atomic E-state index is -0.903. The summed E-state index contributed by atoms with van der Waals surface area (Å²) in [6.45, 7) is 6.52. The van der Waals surface area contributed by atoms with Crippen molar-refractivity contribution in [2.45, 2.75) is 26.2 Å². The first-order chi connectivity index (χ1) is 8.79. The van der Waals surface area contributed by atoms with Crippen molar-refractivity contribution in [2.24, 2.45) is 7.05 Å². The maximum Gasteiger partial charge on any atom is 0.352 e. The third-order valence-corrected chi connectivity index (χ3v) is 3.31. The van der Waals surface area contributed by atoms with Crippen molar-refractivity contribution < 1.29 is 9.90 Å². The first-order valence-corrected chi connectivity index (χ1v) is 6.29. The van der Waals surface area contributed by atoms with Gasteiger partial charge in [-0.3, -0.25) is 0 Å². The summed E-state index contributed by atoms with van der Waals surface area (Å²) < 4.78 is 1.63. The number of carboxylic acids is 1. The number of benzene rings is 1. The third-order valence-electron chi connectivity index (χ3n) is 3.31. The van der Waals surface area contributed by atoms with Crippen molar-refractivity contribution in [1.82, 2.24) is 4.57 Å². The molecule has 0 aliphatic rings. The summed E-state index contributed by atoms with van der Waals surface area (Å²) in [5.41, 5.74) is 3.67. The summed E-state index contributed by atoms with van der Waals surface area (Å²) in [5, 5.41) is 9.06. The fraction of sp³-hybridized carbons (Fsp3) is 0.312. The molecule has 0 radical (unpaired) electrons. The summed E-state index contributed by atoms with van der Waals surface area (Å²) in [5.74, 6) is -0.903. The van der Waals surface area contributed by atoms with E-state index < -0.39 is 5.97 Å². The highest BCUT2D eigenvalue weighted by atomic mass is 16.4. The van der Waals surface area contributed by atoms with E-state index in [-0.39, 0.29) is 5.41 Å². The van der Waals surface area contributed by atoms with Gasteiger partial charge in [0.1, 0.15) is 5.69 Å². The van der Waals surface area contributed by atoms with E-state index in [9.17, 15) is 4.79 Å². The van der Waals surface area contributed by atoms with E-state index in [2.05, 4.69) is 32.9 Å². The molecule has 1 aromatic carbocycles. The second kappa shape index (κ2) is 4.57. The topological polar surface area (TPSA) is 42.2 Å². The zero-order valence-corrected chi connectivity index (χ0v) is 11.8. The van der Waals surface area contributed by atoms with Crippen LogP contribution in [0.4, 0.5) is 0 Å². The molecular weight excluding hydrogens is 238 g/mol. The van der Waals surface area contributed by atoms with Crippen molar-refractivity contribution in [1.29, 1.82) is 0 Å². The number of carboxylic acid groups (broad SMARTS) is 1. The highest BCUT2D eigenvalue weighted by Crippen LogP contribution is 2.27. The summed E-state index contributed by atoms with van der Waals surface area (Å²) in [4.78, 5) is 11.0. The first-order valence-electron chi connectivity index (χ1n) is 6.29. The molecule has 3 nitrogen and oxygen atoms in total. The minimum absolute atomic E-state index is 0.126. The summed E-state index contributed by atoms with van der Waals surface area (Å²) >= 11 is 0. The van der Waals surface area contributed by atoms with Crippen molar-refractivity contribution in [3.63, 3.8) is 0 Å². The van der Waals surface area contributed by atoms with E-state index in [0.29, 0.717) is 5.69 Å². The Morgan fingerprint density at radius 1 is 1.11 bits per heavy atom. The van der Waals surface area contributed by atoms with Crippen LogP contribution in [-0.4, -0.2) is 15.6 Å². The average Bonchev–Trinajstić information content (AvgIpc) is 2.70. The molecule has 0 amide bonds. The Bertz CT molecular complexity index is 601. The molecule has 0 aliphatic carbocycles. The van der Waals surface area contributed by atoms with Gasteiger partial charge in [-0.05, 0) is 22.6 Å². The van der Waals surface area contributed by atoms with Crippen LogP contribution in [0.25, 0.3) is 11.1 Å². The van der Waals surface area contributed by atoms with Crippen LogP contribution in [0.3, 0.4) is 0 Å². The summed E-state index contributed by atoms with van der Waals surface area (Å²) in [7, 11) is 1.75. The van der Waals surface area contributed by atoms with Gasteiger partial charge in [0.05, 0.1) is 0 Å². The van der Waals surface area contributed by atoms with Crippen LogP contribution in [0.5, 0.6) is 0 Å². The van der Waals surface area contributed by atoms with Crippen LogP contribution in [0.1, 0.15) is 36.8 Å². The van der Waals surface area contributed by atoms with Crippen LogP contribution in [0.15, 0.2) is 36.5 Å². The van der Waals surface area contributed by atoms with E-state index >= 15 is 0 Å². The van der Waals surface area contributed by atoms with Crippen LogP contribution in [0, 0.1) is 0 Å². The van der Waals surface area contributed by atoms with E-state index in [4.69, 9.17) is 5.11 Å². The highest BCUT2D eigenvalue weighted by molar-refractivity contribution is 5.88. The van der Waals surface area contributed by atoms with Gasteiger partial charge < -0.3 is 9.67 Å². The molecule has 0 bridgehead atoms. The number of carbonyl (C=O) groups is 1. The van der Waals surface area contributed by atoms with Crippen molar-refractivity contribution >= 4 is 5.97 Å². The minimum Gasteiger partial charge on any atom is -0.477 e. The number of aryl methyl sites for hydroxylation is 1. The standard InChI is InChI=1S/C16H19NO2/c1-16(2,3)13-7-5-11(6-8-13)12-9-14(15(18)19)17(4)10-12/h5-10H,1-4H3,(H,18,19). The lowest BCUT2D eigenvalue weighted by Crippen LogP contribution is -2.10. The largest absolute Gasteiger partial charge is 0.477 e. The smallest absolute Gasteiger partial charge is 0.352 e. The van der Waals surface area contributed by atoms with E-state index in [1.165, 1.54) is 5.56 Å². The van der Waals surface area contributed by atoms with Gasteiger partial charge in [-0.15, -0.1) is 0 Å². The Hall–Kier alpha value is -2.03. The zero-order valence-electron chi connectivity index (χ0n) is 11.8. The Balaban J connectivity index is 2.38. The van der Waals surface area contributed by atoms with Crippen molar-refractivity contribution in [3.8, 4) is 11.1 Å². The van der Waals surface area contributed by atoms with Gasteiger partial charge in [0.15, 0.2) is 0 Å². The molecule has 1 heterocycles. The van der Waals surface area contributed by atoms with Gasteiger partial charge in [-0.25, -0.2) is 4.79 Å². The SMILES string of the molecule is Cn1cc(-c2ccc(C(C)(C)C)cc2)cc1C(=O)O. The van der Waals surface area contributed by atoms with Gasteiger partial charge >= 0.3 is 5.97 Å². The predicted molar refractivity (Wildman–Crippen MR) is 76.5 cm³/mol. The highest BCUT2D eigenvalue weighted by Gasteiger charge is 2.14. The number of nitrogens with zero attached hydrogens (tertiary/aromatic N) is 1. The third kappa shape index (κ3) is 2.70. The van der Waals surface area contributed by atoms with E-state index in [0.717, 1.165) is 11.1 Å². The normalized spacial score (nSPS) is 11.6. The molecule has 100 valence electrons. The van der Waals surface area contributed by atoms with Gasteiger partial charge in [0, 0.05) is 18.8 Å². The van der Waals surface area contributed by atoms with Crippen LogP contribution >= 0.6 is 0 Å². The van der Waals surface area contributed by atoms with Crippen LogP contribution in [0.2, 0.25) is 0 Å². The number of rotatable bonds is 2. The second-order valence-corrected chi connectivity index (χ2v) is 5.86. The molecule has 1 aromatic heterocycles. The zero-order chi connectivity index (χ0) is 14.2. The molecule has 3 heteroatoms. The van der Waals surface area contributed by atoms with Gasteiger partial charge in [0.2, 0.25) is 0 Å². The summed E-state index contributed by atoms with van der Waals surface area (Å²) in [6, 6.07) is 9.99. The van der Waals surface area contributed by atoms with E-state index in [1.54, 1.807) is 17.7 Å². The Morgan fingerprint density at radius 3 is 2.11 bits per heavy atom. The number of hydrogen-bond donors (Lipinski definition) is 1. The molecule has 0 unspecified atom stereocenters. The van der Waals surface area contributed by atoms with Gasteiger partial charge in [-0.1, -0.05) is 45.0 Å². The van der Waals surface area contributed by atoms with Gasteiger partial charge in [0.25, 0.3) is 0 Å². The first kappa shape index (κ1) is 13.4. The molecule has 19 heavy (non-hydrogen) atoms. The fourth-order valence-electron chi connectivity index (χ4n) is 2.10. The lowest BCUT2D eigenvalue weighted by molar-refractivity contribution is 0.0686. The Labute approximate surface area is 113 Å². The molecule has 2 rings (SSSR count). The average molecular weight is 257 g/mol. The molecule has 0 fully saturated rings. The Kier molecular flexibility index (Phi) is 3.23. The maximum absolute atomic E-state index is 11.0. The molecule has 0 aliphatic heterocycles. The van der Waals surface area contributed by atoms with Gasteiger partial charge in [-0.2, -0.15) is 0 Å². The second-order valence-electron chi connectivity index (χ2n) is 5.86. The Morgan fingerprint density at radius 2 is 1.68 bits per heavy atom. The molecule has 0 spiro atoms.